The van der Waals surface area contributed by atoms with Crippen LogP contribution in [0.2, 0.25) is 0 Å². The van der Waals surface area contributed by atoms with Gasteiger partial charge in [0.25, 0.3) is 0 Å². The molecule has 0 atom stereocenters. The summed E-state index contributed by atoms with van der Waals surface area (Å²) in [6, 6.07) is 0. The molecule has 35 valence electrons. The Kier molecular flexibility index (Phi) is 332. The minimum Gasteiger partial charge on any atom is -1.00 e. The van der Waals surface area contributed by atoms with E-state index in [0.717, 1.165) is 0 Å². The fraction of sp³-hybridized carbons (Fsp3) is 0. The number of hydrogen-bond acceptors (Lipinski definition) is 0. The van der Waals surface area contributed by atoms with Gasteiger partial charge in [-0.25, -0.2) is 0 Å². The Bertz CT molecular complexity index is 3.61. The van der Waals surface area contributed by atoms with Gasteiger partial charge in [-0.3, -0.25) is 0 Å². The fourth-order valence-electron chi connectivity index (χ4n) is 0. The summed E-state index contributed by atoms with van der Waals surface area (Å²) < 4.78 is 0. The van der Waals surface area contributed by atoms with Crippen molar-refractivity contribution in [2.24, 2.45) is 0 Å². The van der Waals surface area contributed by atoms with Crippen LogP contribution >= 0.6 is 0 Å². The van der Waals surface area contributed by atoms with Gasteiger partial charge in [-0.05, 0) is 0 Å². The van der Waals surface area contributed by atoms with Crippen molar-refractivity contribution in [2.45, 2.75) is 0 Å². The molecular weight excluding hydrogens is 375 g/mol. The standard InChI is InChI=1S/4BrH.Mn/h4*1H;/q;;;;+4/p-4. The first-order chi connectivity index (χ1) is 0. The molecule has 0 heterocycles. The van der Waals surface area contributed by atoms with Gasteiger partial charge < -0.3 is 67.9 Å². The van der Waals surface area contributed by atoms with Gasteiger partial charge >= 0.3 is 17.1 Å². The molecule has 0 saturated carbocycles. The van der Waals surface area contributed by atoms with Crippen LogP contribution in [0.3, 0.4) is 0 Å². The van der Waals surface area contributed by atoms with Crippen molar-refractivity contribution in [2.75, 3.05) is 0 Å². The van der Waals surface area contributed by atoms with E-state index in [2.05, 4.69) is 0 Å². The van der Waals surface area contributed by atoms with Crippen LogP contribution in [0.4, 0.5) is 0 Å². The van der Waals surface area contributed by atoms with Crippen molar-refractivity contribution in [3.8, 4) is 0 Å². The molecule has 5 heteroatoms. The van der Waals surface area contributed by atoms with Gasteiger partial charge in [-0.1, -0.05) is 0 Å². The zero-order chi connectivity index (χ0) is 0. The molecule has 0 aromatic carbocycles. The van der Waals surface area contributed by atoms with E-state index in [-0.39, 0.29) is 85.0 Å². The molecule has 1 radical (unpaired) electrons. The van der Waals surface area contributed by atoms with Crippen molar-refractivity contribution < 1.29 is 85.0 Å². The van der Waals surface area contributed by atoms with Crippen LogP contribution in [0.5, 0.6) is 0 Å². The average molecular weight is 375 g/mol. The molecule has 0 rings (SSSR count). The summed E-state index contributed by atoms with van der Waals surface area (Å²) in [4.78, 5) is 0. The summed E-state index contributed by atoms with van der Waals surface area (Å²) in [6.07, 6.45) is 0. The first kappa shape index (κ1) is 51.8. The predicted molar refractivity (Wildman–Crippen MR) is 0 cm³/mol. The maximum absolute atomic E-state index is 0. The molecule has 0 aliphatic carbocycles. The van der Waals surface area contributed by atoms with E-state index in [9.17, 15) is 0 Å². The van der Waals surface area contributed by atoms with E-state index < -0.39 is 0 Å². The molecular formula is Br4Mn. The molecule has 0 aliphatic rings. The SMILES string of the molecule is [Br-].[Br-].[Br-].[Br-].[Mn+4]. The fourth-order valence-corrected chi connectivity index (χ4v) is 0. The molecule has 0 bridgehead atoms. The second-order valence-electron chi connectivity index (χ2n) is 0. The van der Waals surface area contributed by atoms with E-state index in [1.165, 1.54) is 0 Å². The Hall–Kier alpha value is 2.44. The molecule has 0 spiro atoms. The summed E-state index contributed by atoms with van der Waals surface area (Å²) in [5.41, 5.74) is 0. The first-order valence-corrected chi connectivity index (χ1v) is 0. The number of halogens is 4. The molecule has 0 unspecified atom stereocenters. The zero-order valence-corrected chi connectivity index (χ0v) is 9.41. The summed E-state index contributed by atoms with van der Waals surface area (Å²) in [6.45, 7) is 0. The molecule has 0 amide bonds. The molecule has 0 aromatic heterocycles. The van der Waals surface area contributed by atoms with E-state index in [0.29, 0.717) is 0 Å². The second-order valence-corrected chi connectivity index (χ2v) is 0. The first-order valence-electron chi connectivity index (χ1n) is 0. The van der Waals surface area contributed by atoms with Gasteiger partial charge in [0.1, 0.15) is 0 Å². The minimum absolute atomic E-state index is 0. The summed E-state index contributed by atoms with van der Waals surface area (Å²) in [5, 5.41) is 0. The molecule has 0 nitrogen and oxygen atoms in total. The van der Waals surface area contributed by atoms with Crippen LogP contribution in [0.1, 0.15) is 0 Å². The topological polar surface area (TPSA) is 0 Å². The van der Waals surface area contributed by atoms with E-state index in [1.54, 1.807) is 0 Å². The van der Waals surface area contributed by atoms with Crippen molar-refractivity contribution in [3.05, 3.63) is 0 Å². The van der Waals surface area contributed by atoms with Gasteiger partial charge in [-0.2, -0.15) is 0 Å². The molecule has 0 fully saturated rings. The second kappa shape index (κ2) is 32.0. The van der Waals surface area contributed by atoms with E-state index >= 15 is 0 Å². The molecule has 0 aromatic rings. The van der Waals surface area contributed by atoms with Crippen molar-refractivity contribution in [1.29, 1.82) is 0 Å². The Morgan fingerprint density at radius 2 is 0.400 bits per heavy atom. The average Bonchev–Trinajstić information content (AvgIpc) is 0. The normalized spacial score (nSPS) is 0. The van der Waals surface area contributed by atoms with E-state index in [4.69, 9.17) is 0 Å². The van der Waals surface area contributed by atoms with Crippen LogP contribution in [0.25, 0.3) is 0 Å². The van der Waals surface area contributed by atoms with Crippen LogP contribution < -0.4 is 67.9 Å². The molecule has 0 aliphatic heterocycles. The Morgan fingerprint density at radius 3 is 0.400 bits per heavy atom. The Morgan fingerprint density at radius 1 is 0.400 bits per heavy atom. The predicted octanol–water partition coefficient (Wildman–Crippen LogP) is -12.0. The monoisotopic (exact) mass is 371 g/mol. The van der Waals surface area contributed by atoms with Gasteiger partial charge in [0, 0.05) is 0 Å². The third-order valence-corrected chi connectivity index (χ3v) is 0. The van der Waals surface area contributed by atoms with Crippen LogP contribution in [0, 0.1) is 0 Å². The van der Waals surface area contributed by atoms with Gasteiger partial charge in [0.05, 0.1) is 0 Å². The Labute approximate surface area is 84.0 Å². The largest absolute Gasteiger partial charge is 4.00 e. The minimum atomic E-state index is 0. The molecule has 0 N–H and O–H groups in total. The molecule has 5 heavy (non-hydrogen) atoms. The van der Waals surface area contributed by atoms with Gasteiger partial charge in [-0.15, -0.1) is 0 Å². The Balaban J connectivity index is 0. The van der Waals surface area contributed by atoms with Crippen molar-refractivity contribution in [1.82, 2.24) is 0 Å². The smallest absolute Gasteiger partial charge is 1.00 e. The van der Waals surface area contributed by atoms with Gasteiger partial charge in [0.2, 0.25) is 0 Å². The molecule has 0 saturated heterocycles. The third-order valence-electron chi connectivity index (χ3n) is 0. The maximum atomic E-state index is 0. The number of rotatable bonds is 0. The van der Waals surface area contributed by atoms with Gasteiger partial charge in [0.15, 0.2) is 0 Å². The summed E-state index contributed by atoms with van der Waals surface area (Å²) >= 11 is 0. The van der Waals surface area contributed by atoms with Crippen molar-refractivity contribution >= 4 is 0 Å². The summed E-state index contributed by atoms with van der Waals surface area (Å²) in [5.74, 6) is 0. The number of hydrogen-bond donors (Lipinski definition) is 0. The van der Waals surface area contributed by atoms with Crippen LogP contribution in [-0.4, -0.2) is 0 Å². The maximum Gasteiger partial charge on any atom is 4.00 e. The quantitative estimate of drug-likeness (QED) is 0.370. The van der Waals surface area contributed by atoms with Crippen molar-refractivity contribution in [3.63, 3.8) is 0 Å². The van der Waals surface area contributed by atoms with Crippen LogP contribution in [-0.2, 0) is 17.1 Å². The third kappa shape index (κ3) is 21.3. The van der Waals surface area contributed by atoms with Crippen LogP contribution in [0.15, 0.2) is 0 Å². The zero-order valence-electron chi connectivity index (χ0n) is 1.89. The summed E-state index contributed by atoms with van der Waals surface area (Å²) in [7, 11) is 0. The van der Waals surface area contributed by atoms with E-state index in [1.807, 2.05) is 0 Å².